The van der Waals surface area contributed by atoms with Gasteiger partial charge in [-0.15, -0.1) is 0 Å². The molecule has 0 spiro atoms. The molecular formula is C34H38N2O2. The minimum Gasteiger partial charge on any atom is -0.508 e. The van der Waals surface area contributed by atoms with E-state index in [1.54, 1.807) is 12.1 Å². The smallest absolute Gasteiger partial charge is 0.224 e. The van der Waals surface area contributed by atoms with E-state index in [-0.39, 0.29) is 34.4 Å². The first-order valence-electron chi connectivity index (χ1n) is 14.3. The Bertz CT molecular complexity index is 1320. The summed E-state index contributed by atoms with van der Waals surface area (Å²) in [5.74, 6) is 2.19. The number of allylic oxidation sites excluding steroid dienone is 4. The quantitative estimate of drug-likeness (QED) is 0.459. The molecule has 4 aliphatic rings. The molecule has 2 aromatic carbocycles. The largest absolute Gasteiger partial charge is 0.508 e. The summed E-state index contributed by atoms with van der Waals surface area (Å²) in [6.07, 6.45) is 11.9. The molecule has 6 rings (SSSR count). The van der Waals surface area contributed by atoms with Crippen LogP contribution in [0, 0.1) is 45.8 Å². The first-order valence-corrected chi connectivity index (χ1v) is 14.3. The number of hydrogen-bond donors (Lipinski definition) is 2. The molecule has 2 aromatic rings. The molecule has 7 atom stereocenters. The van der Waals surface area contributed by atoms with E-state index >= 15 is 0 Å². The number of benzene rings is 2. The Morgan fingerprint density at radius 1 is 1.00 bits per heavy atom. The zero-order chi connectivity index (χ0) is 26.5. The van der Waals surface area contributed by atoms with Gasteiger partial charge in [0, 0.05) is 11.5 Å². The molecule has 0 radical (unpaired) electrons. The van der Waals surface area contributed by atoms with Crippen molar-refractivity contribution in [1.29, 1.82) is 5.26 Å². The lowest BCUT2D eigenvalue weighted by Crippen LogP contribution is -2.51. The van der Waals surface area contributed by atoms with E-state index in [1.807, 2.05) is 30.3 Å². The summed E-state index contributed by atoms with van der Waals surface area (Å²) in [7, 11) is 0. The van der Waals surface area contributed by atoms with Crippen LogP contribution in [0.1, 0.15) is 76.0 Å². The molecule has 0 heterocycles. The van der Waals surface area contributed by atoms with E-state index < -0.39 is 0 Å². The molecule has 0 aromatic heterocycles. The zero-order valence-electron chi connectivity index (χ0n) is 22.5. The van der Waals surface area contributed by atoms with Gasteiger partial charge in [0.15, 0.2) is 0 Å². The van der Waals surface area contributed by atoms with E-state index in [0.717, 1.165) is 61.6 Å². The van der Waals surface area contributed by atoms with Crippen molar-refractivity contribution < 1.29 is 9.90 Å². The average Bonchev–Trinajstić information content (AvgIpc) is 3.29. The van der Waals surface area contributed by atoms with E-state index in [1.165, 1.54) is 5.57 Å². The van der Waals surface area contributed by atoms with Gasteiger partial charge >= 0.3 is 0 Å². The number of carbonyl (C=O) groups excluding carboxylic acids is 1. The highest BCUT2D eigenvalue weighted by atomic mass is 16.3. The van der Waals surface area contributed by atoms with Crippen LogP contribution in [0.2, 0.25) is 0 Å². The number of aromatic hydroxyl groups is 1. The van der Waals surface area contributed by atoms with Gasteiger partial charge in [-0.2, -0.15) is 5.26 Å². The molecular weight excluding hydrogens is 468 g/mol. The van der Waals surface area contributed by atoms with Gasteiger partial charge in [0.2, 0.25) is 5.91 Å². The molecule has 2 saturated carbocycles. The van der Waals surface area contributed by atoms with Gasteiger partial charge in [0.1, 0.15) is 5.75 Å². The van der Waals surface area contributed by atoms with Crippen molar-refractivity contribution in [2.24, 2.45) is 34.5 Å². The number of amides is 1. The predicted octanol–water partition coefficient (Wildman–Crippen LogP) is 7.24. The third-order valence-corrected chi connectivity index (χ3v) is 10.9. The van der Waals surface area contributed by atoms with Crippen LogP contribution < -0.4 is 5.32 Å². The lowest BCUT2D eigenvalue weighted by molar-refractivity contribution is -0.132. The Balaban J connectivity index is 1.25. The summed E-state index contributed by atoms with van der Waals surface area (Å²) < 4.78 is 0. The number of nitriles is 1. The second-order valence-electron chi connectivity index (χ2n) is 12.6. The van der Waals surface area contributed by atoms with E-state index in [9.17, 15) is 15.2 Å². The Morgan fingerprint density at radius 2 is 1.74 bits per heavy atom. The van der Waals surface area contributed by atoms with Gasteiger partial charge in [-0.05, 0) is 108 Å². The minimum atomic E-state index is -0.245. The van der Waals surface area contributed by atoms with Crippen molar-refractivity contribution in [2.75, 3.05) is 0 Å². The topological polar surface area (TPSA) is 73.1 Å². The van der Waals surface area contributed by atoms with Crippen molar-refractivity contribution in [3.8, 4) is 11.8 Å². The number of nitrogens with zero attached hydrogens (tertiary/aromatic N) is 1. The van der Waals surface area contributed by atoms with Crippen molar-refractivity contribution in [3.05, 3.63) is 89.0 Å². The lowest BCUT2D eigenvalue weighted by atomic mass is 9.48. The summed E-state index contributed by atoms with van der Waals surface area (Å²) in [6, 6.07) is 19.5. The molecule has 4 nitrogen and oxygen atoms in total. The third kappa shape index (κ3) is 3.99. The molecule has 4 heteroatoms. The van der Waals surface area contributed by atoms with Crippen LogP contribution in [0.25, 0.3) is 0 Å². The predicted molar refractivity (Wildman–Crippen MR) is 149 cm³/mol. The van der Waals surface area contributed by atoms with Crippen LogP contribution in [0.3, 0.4) is 0 Å². The summed E-state index contributed by atoms with van der Waals surface area (Å²) in [6.45, 7) is 4.82. The maximum absolute atomic E-state index is 14.0. The molecule has 0 saturated heterocycles. The number of nitrogens with one attached hydrogen (secondary N) is 1. The molecule has 2 fully saturated rings. The van der Waals surface area contributed by atoms with Crippen LogP contribution in [-0.4, -0.2) is 11.0 Å². The van der Waals surface area contributed by atoms with Crippen LogP contribution >= 0.6 is 0 Å². The Labute approximate surface area is 226 Å². The molecule has 1 unspecified atom stereocenters. The first-order chi connectivity index (χ1) is 18.3. The number of rotatable bonds is 4. The highest BCUT2D eigenvalue weighted by molar-refractivity contribution is 5.81. The SMILES string of the molecule is C[C@]12CC[C@H]3[C@@H](CC=C4C=C(C#N)CC[C@@]43C)[C@@H]1CC[C@@H]2C(=O)NC(c1ccccc1)c1ccc(O)cc1. The highest BCUT2D eigenvalue weighted by Gasteiger charge is 2.59. The van der Waals surface area contributed by atoms with Crippen molar-refractivity contribution in [2.45, 2.75) is 64.8 Å². The normalized spacial score (nSPS) is 34.4. The fourth-order valence-electron chi connectivity index (χ4n) is 8.76. The lowest BCUT2D eigenvalue weighted by Gasteiger charge is -2.56. The van der Waals surface area contributed by atoms with Crippen LogP contribution in [0.5, 0.6) is 5.75 Å². The Kier molecular flexibility index (Phi) is 6.22. The van der Waals surface area contributed by atoms with Gasteiger partial charge in [-0.25, -0.2) is 0 Å². The minimum absolute atomic E-state index is 0.00542. The molecule has 196 valence electrons. The van der Waals surface area contributed by atoms with E-state index in [2.05, 4.69) is 49.5 Å². The Hall–Kier alpha value is -3.32. The average molecular weight is 507 g/mol. The fraction of sp³-hybridized carbons (Fsp3) is 0.471. The maximum atomic E-state index is 14.0. The second kappa shape index (κ2) is 9.45. The summed E-state index contributed by atoms with van der Waals surface area (Å²) >= 11 is 0. The number of phenolic OH excluding ortho intramolecular Hbond substituents is 1. The number of phenols is 1. The van der Waals surface area contributed by atoms with Gasteiger partial charge in [0.25, 0.3) is 0 Å². The zero-order valence-corrected chi connectivity index (χ0v) is 22.5. The monoisotopic (exact) mass is 506 g/mol. The van der Waals surface area contributed by atoms with Gasteiger partial charge < -0.3 is 10.4 Å². The van der Waals surface area contributed by atoms with E-state index in [4.69, 9.17) is 0 Å². The molecule has 0 bridgehead atoms. The van der Waals surface area contributed by atoms with Gasteiger partial charge in [-0.1, -0.05) is 62.4 Å². The number of hydrogen-bond acceptors (Lipinski definition) is 3. The first kappa shape index (κ1) is 25.0. The van der Waals surface area contributed by atoms with Crippen LogP contribution in [0.4, 0.5) is 0 Å². The summed E-state index contributed by atoms with van der Waals surface area (Å²) in [4.78, 5) is 14.0. The van der Waals surface area contributed by atoms with Crippen LogP contribution in [-0.2, 0) is 4.79 Å². The maximum Gasteiger partial charge on any atom is 0.224 e. The second-order valence-corrected chi connectivity index (χ2v) is 12.6. The molecule has 38 heavy (non-hydrogen) atoms. The Morgan fingerprint density at radius 3 is 2.47 bits per heavy atom. The fourth-order valence-corrected chi connectivity index (χ4v) is 8.76. The number of fused-ring (bicyclic) bond motifs is 5. The highest BCUT2D eigenvalue weighted by Crippen LogP contribution is 2.66. The molecule has 4 aliphatic carbocycles. The van der Waals surface area contributed by atoms with Gasteiger partial charge in [0.05, 0.1) is 12.1 Å². The summed E-state index contributed by atoms with van der Waals surface area (Å²) in [5.41, 5.74) is 4.50. The molecule has 0 aliphatic heterocycles. The van der Waals surface area contributed by atoms with Crippen molar-refractivity contribution in [1.82, 2.24) is 5.32 Å². The number of carbonyl (C=O) groups is 1. The van der Waals surface area contributed by atoms with E-state index in [0.29, 0.717) is 17.8 Å². The van der Waals surface area contributed by atoms with Crippen LogP contribution in [0.15, 0.2) is 77.9 Å². The molecule has 1 amide bonds. The van der Waals surface area contributed by atoms with Crippen molar-refractivity contribution >= 4 is 5.91 Å². The van der Waals surface area contributed by atoms with Gasteiger partial charge in [-0.3, -0.25) is 4.79 Å². The summed E-state index contributed by atoms with van der Waals surface area (Å²) in [5, 5.41) is 22.7. The van der Waals surface area contributed by atoms with Crippen molar-refractivity contribution in [3.63, 3.8) is 0 Å². The standard InChI is InChI=1S/C34H38N2O2/c1-33-18-16-22(21-35)20-25(33)10-13-27-28-14-15-30(34(28,2)19-17-29(27)33)32(38)36-31(23-6-4-3-5-7-23)24-8-11-26(37)12-9-24/h3-12,20,27-31,37H,13-19H2,1-2H3,(H,36,38)/t27-,28-,29-,30+,31?,33-,34-/m0/s1. The molecule has 2 N–H and O–H groups in total. The third-order valence-electron chi connectivity index (χ3n) is 10.9.